The van der Waals surface area contributed by atoms with E-state index < -0.39 is 35.7 Å². The van der Waals surface area contributed by atoms with E-state index >= 15 is 0 Å². The largest absolute Gasteiger partial charge is 0.455 e. The number of aliphatic hydroxyl groups is 3. The molecule has 290 valence electrons. The summed E-state index contributed by atoms with van der Waals surface area (Å²) >= 11 is 0. The molecule has 0 aliphatic carbocycles. The lowest BCUT2D eigenvalue weighted by atomic mass is 9.88. The Kier molecular flexibility index (Phi) is 15.1. The van der Waals surface area contributed by atoms with E-state index in [9.17, 15) is 24.9 Å². The maximum Gasteiger partial charge on any atom is 0.410 e. The molecular weight excluding hydrogens is 656 g/mol. The number of aliphatic hydroxyl groups excluding tert-OH is 1. The number of esters is 1. The fourth-order valence-corrected chi connectivity index (χ4v) is 7.54. The predicted molar refractivity (Wildman–Crippen MR) is 193 cm³/mol. The van der Waals surface area contributed by atoms with Gasteiger partial charge in [0, 0.05) is 51.2 Å². The summed E-state index contributed by atoms with van der Waals surface area (Å²) in [6.07, 6.45) is 10.3. The van der Waals surface area contributed by atoms with E-state index in [4.69, 9.17) is 23.7 Å². The molecule has 0 aromatic rings. The summed E-state index contributed by atoms with van der Waals surface area (Å²) in [6, 6.07) is 0.438. The number of hydrogen-bond acceptors (Lipinski definition) is 11. The van der Waals surface area contributed by atoms with Gasteiger partial charge >= 0.3 is 12.1 Å². The van der Waals surface area contributed by atoms with Crippen molar-refractivity contribution in [3.8, 4) is 0 Å². The zero-order valence-corrected chi connectivity index (χ0v) is 31.9. The number of morpholine rings is 1. The monoisotopic (exact) mass is 720 g/mol. The number of piperidine rings is 1. The Hall–Kier alpha value is -2.32. The van der Waals surface area contributed by atoms with Crippen molar-refractivity contribution in [2.75, 3.05) is 46.5 Å². The third kappa shape index (κ3) is 11.3. The number of carbonyl (C=O) groups is 2. The number of methoxy groups -OCH3 is 1. The molecule has 1 amide bonds. The van der Waals surface area contributed by atoms with Gasteiger partial charge in [0.05, 0.1) is 25.4 Å². The van der Waals surface area contributed by atoms with Crippen molar-refractivity contribution in [3.63, 3.8) is 0 Å². The van der Waals surface area contributed by atoms with Crippen LogP contribution >= 0.6 is 0 Å². The number of allylic oxidation sites excluding steroid dienone is 3. The molecule has 0 radical (unpaired) electrons. The summed E-state index contributed by atoms with van der Waals surface area (Å²) in [5.41, 5.74) is -0.0870. The van der Waals surface area contributed by atoms with Crippen molar-refractivity contribution in [2.24, 2.45) is 17.8 Å². The van der Waals surface area contributed by atoms with E-state index in [-0.39, 0.29) is 48.9 Å². The summed E-state index contributed by atoms with van der Waals surface area (Å²) < 4.78 is 29.4. The van der Waals surface area contributed by atoms with Gasteiger partial charge in [0.2, 0.25) is 0 Å². The average Bonchev–Trinajstić information content (AvgIpc) is 3.89. The zero-order valence-electron chi connectivity index (χ0n) is 31.9. The molecule has 0 bridgehead atoms. The minimum atomic E-state index is -1.74. The van der Waals surface area contributed by atoms with Crippen LogP contribution in [0.2, 0.25) is 0 Å². The third-order valence-corrected chi connectivity index (χ3v) is 11.5. The van der Waals surface area contributed by atoms with Crippen LogP contribution in [-0.4, -0.2) is 132 Å². The third-order valence-electron chi connectivity index (χ3n) is 11.5. The summed E-state index contributed by atoms with van der Waals surface area (Å²) in [6.45, 7) is 15.9. The smallest absolute Gasteiger partial charge is 0.410 e. The molecule has 12 heteroatoms. The summed E-state index contributed by atoms with van der Waals surface area (Å²) in [4.78, 5) is 30.8. The number of ether oxygens (including phenoxy) is 5. The molecule has 3 saturated heterocycles. The van der Waals surface area contributed by atoms with Gasteiger partial charge in [0.1, 0.15) is 11.7 Å². The van der Waals surface area contributed by atoms with E-state index in [0.717, 1.165) is 51.1 Å². The van der Waals surface area contributed by atoms with Crippen LogP contribution in [0.25, 0.3) is 0 Å². The average molecular weight is 721 g/mol. The molecule has 4 rings (SSSR count). The van der Waals surface area contributed by atoms with E-state index in [1.807, 2.05) is 51.2 Å². The first-order valence-corrected chi connectivity index (χ1v) is 19.0. The summed E-state index contributed by atoms with van der Waals surface area (Å²) in [5.74, 6) is -2.95. The lowest BCUT2D eigenvalue weighted by Crippen LogP contribution is -2.51. The van der Waals surface area contributed by atoms with Gasteiger partial charge in [-0.1, -0.05) is 52.0 Å². The van der Waals surface area contributed by atoms with Gasteiger partial charge < -0.3 is 43.9 Å². The Balaban J connectivity index is 1.42. The number of amides is 1. The van der Waals surface area contributed by atoms with Crippen molar-refractivity contribution in [1.82, 2.24) is 9.80 Å². The maximum atomic E-state index is 13.6. The molecule has 9 atom stereocenters. The molecule has 0 saturated carbocycles. The Morgan fingerprint density at radius 2 is 1.82 bits per heavy atom. The van der Waals surface area contributed by atoms with Crippen LogP contribution in [0, 0.1) is 17.8 Å². The van der Waals surface area contributed by atoms with E-state index in [0.29, 0.717) is 32.0 Å². The van der Waals surface area contributed by atoms with E-state index in [1.165, 1.54) is 0 Å². The van der Waals surface area contributed by atoms with Crippen molar-refractivity contribution in [2.45, 2.75) is 134 Å². The maximum absolute atomic E-state index is 13.6. The molecule has 51 heavy (non-hydrogen) atoms. The quantitative estimate of drug-likeness (QED) is 0.0919. The van der Waals surface area contributed by atoms with Gasteiger partial charge in [-0.2, -0.15) is 0 Å². The highest BCUT2D eigenvalue weighted by atomic mass is 16.6. The Morgan fingerprint density at radius 1 is 1.14 bits per heavy atom. The van der Waals surface area contributed by atoms with Crippen LogP contribution < -0.4 is 0 Å². The number of hydrogen-bond donors (Lipinski definition) is 3. The molecule has 0 aromatic carbocycles. The van der Waals surface area contributed by atoms with E-state index in [1.54, 1.807) is 25.9 Å². The number of likely N-dealkylation sites (tertiary alicyclic amines) is 1. The Labute approximate surface area is 304 Å². The highest BCUT2D eigenvalue weighted by Crippen LogP contribution is 2.39. The zero-order chi connectivity index (χ0) is 37.3. The van der Waals surface area contributed by atoms with Crippen LogP contribution in [0.1, 0.15) is 86.5 Å². The first kappa shape index (κ1) is 41.4. The van der Waals surface area contributed by atoms with Crippen molar-refractivity contribution in [1.29, 1.82) is 0 Å². The molecule has 0 aromatic heterocycles. The second-order valence-corrected chi connectivity index (χ2v) is 15.4. The van der Waals surface area contributed by atoms with Crippen molar-refractivity contribution < 1.29 is 48.6 Å². The highest BCUT2D eigenvalue weighted by Gasteiger charge is 2.50. The Morgan fingerprint density at radius 3 is 2.47 bits per heavy atom. The van der Waals surface area contributed by atoms with Crippen molar-refractivity contribution >= 4 is 12.1 Å². The molecule has 3 fully saturated rings. The van der Waals surface area contributed by atoms with Crippen molar-refractivity contribution in [3.05, 3.63) is 36.0 Å². The molecular formula is C39H64N2O10. The molecule has 9 unspecified atom stereocenters. The molecule has 4 aliphatic rings. The second-order valence-electron chi connectivity index (χ2n) is 15.4. The first-order chi connectivity index (χ1) is 24.2. The van der Waals surface area contributed by atoms with Crippen LogP contribution in [0.3, 0.4) is 0 Å². The minimum absolute atomic E-state index is 0.0318. The fourth-order valence-electron chi connectivity index (χ4n) is 7.54. The number of nitrogens with zero attached hydrogens (tertiary/aromatic N) is 2. The lowest BCUT2D eigenvalue weighted by molar-refractivity contribution is -0.201. The second kappa shape index (κ2) is 18.6. The van der Waals surface area contributed by atoms with E-state index in [2.05, 4.69) is 11.8 Å². The van der Waals surface area contributed by atoms with Gasteiger partial charge in [-0.15, -0.1) is 0 Å². The molecule has 0 spiro atoms. The Bertz CT molecular complexity index is 1220. The molecule has 12 nitrogen and oxygen atoms in total. The van der Waals surface area contributed by atoms with Gasteiger partial charge in [-0.25, -0.2) is 9.59 Å². The number of rotatable bonds is 11. The SMILES string of the molecule is CCC(O)(O)C(C)C1OC1CC(C)/C=C/C=C(\C)C1OC(=O)C(O)CCCC(C)(OC)C(OC(=O)N2CCC(N3CCOCC3)CC2)/C=C/C1C. The normalized spacial score (nSPS) is 34.3. The first-order valence-electron chi connectivity index (χ1n) is 19.0. The fraction of sp³-hybridized carbons (Fsp3) is 0.795. The number of carbonyl (C=O) groups excluding carboxylic acids is 2. The topological polar surface area (TPSA) is 151 Å². The number of epoxide rings is 1. The van der Waals surface area contributed by atoms with Crippen LogP contribution in [0.15, 0.2) is 36.0 Å². The number of cyclic esters (lactones) is 1. The minimum Gasteiger partial charge on any atom is -0.455 e. The van der Waals surface area contributed by atoms with Gasteiger partial charge in [0.15, 0.2) is 18.0 Å². The molecule has 3 N–H and O–H groups in total. The summed E-state index contributed by atoms with van der Waals surface area (Å²) in [7, 11) is 1.60. The summed E-state index contributed by atoms with van der Waals surface area (Å²) in [5, 5.41) is 31.1. The molecule has 4 heterocycles. The molecule has 4 aliphatic heterocycles. The standard InChI is InChI=1S/C39H64N2O10/c1-8-39(45,46)29(5)35-32(49-35)25-26(2)11-9-12-27(3)34-28(4)14-15-33(38(6,47-7)18-10-13-31(42)36(43)51-34)50-37(44)41-19-16-30(17-20-41)40-21-23-48-24-22-40/h9,11-12,14-15,26,28-35,42,45-46H,8,10,13,16-25H2,1-7H3/b11-9+,15-14+,27-12+. The van der Waals surface area contributed by atoms with Crippen LogP contribution in [-0.2, 0) is 28.5 Å². The van der Waals surface area contributed by atoms with Gasteiger partial charge in [0.25, 0.3) is 0 Å². The lowest BCUT2D eigenvalue weighted by Gasteiger charge is -2.41. The van der Waals surface area contributed by atoms with Crippen LogP contribution in [0.4, 0.5) is 4.79 Å². The van der Waals surface area contributed by atoms with Gasteiger partial charge in [-0.05, 0) is 76.4 Å². The van der Waals surface area contributed by atoms with Crippen LogP contribution in [0.5, 0.6) is 0 Å². The predicted octanol–water partition coefficient (Wildman–Crippen LogP) is 4.37. The van der Waals surface area contributed by atoms with Gasteiger partial charge in [-0.3, -0.25) is 4.90 Å². The highest BCUT2D eigenvalue weighted by molar-refractivity contribution is 5.74.